The van der Waals surface area contributed by atoms with Gasteiger partial charge in [0, 0.05) is 50.0 Å². The molecule has 0 aliphatic carbocycles. The number of aryl methyl sites for hydroxylation is 1. The first-order valence-corrected chi connectivity index (χ1v) is 7.92. The summed E-state index contributed by atoms with van der Waals surface area (Å²) in [5, 5.41) is 14.3. The molecule has 0 radical (unpaired) electrons. The first-order valence-electron chi connectivity index (χ1n) is 7.92. The van der Waals surface area contributed by atoms with Crippen LogP contribution in [-0.2, 0) is 13.6 Å². The van der Waals surface area contributed by atoms with Crippen LogP contribution in [0.4, 0.5) is 10.5 Å². The third kappa shape index (κ3) is 4.61. The minimum Gasteiger partial charge on any atom is -0.439 e. The van der Waals surface area contributed by atoms with Crippen LogP contribution in [0.3, 0.4) is 0 Å². The number of pyridine rings is 1. The average molecular weight is 347 g/mol. The lowest BCUT2D eigenvalue weighted by Gasteiger charge is -2.09. The second-order valence-corrected chi connectivity index (χ2v) is 5.62. The van der Waals surface area contributed by atoms with Crippen LogP contribution >= 0.6 is 0 Å². The van der Waals surface area contributed by atoms with Gasteiger partial charge in [0.25, 0.3) is 0 Å². The van der Waals surface area contributed by atoms with Crippen molar-refractivity contribution in [2.45, 2.75) is 6.54 Å². The molecule has 130 valence electrons. The molecule has 2 aromatic heterocycles. The normalized spacial score (nSPS) is 10.0. The molecule has 0 unspecified atom stereocenters. The lowest BCUT2D eigenvalue weighted by Crippen LogP contribution is -2.28. The standard InChI is InChI=1S/C19H17N5O2/c1-24-8-7-15(13-24)12-22-19(25)23-16-3-2-4-17(9-16)26-18-6-5-14(10-20)11-21-18/h2-9,11,13H,12H2,1H3,(H2,22,23,25). The smallest absolute Gasteiger partial charge is 0.319 e. The summed E-state index contributed by atoms with van der Waals surface area (Å²) in [4.78, 5) is 16.1. The number of nitrogens with one attached hydrogen (secondary N) is 2. The largest absolute Gasteiger partial charge is 0.439 e. The number of hydrogen-bond donors (Lipinski definition) is 2. The summed E-state index contributed by atoms with van der Waals surface area (Å²) in [6.45, 7) is 0.442. The molecule has 3 aromatic rings. The molecule has 0 atom stereocenters. The third-order valence-electron chi connectivity index (χ3n) is 3.53. The Morgan fingerprint density at radius 3 is 2.88 bits per heavy atom. The average Bonchev–Trinajstić information content (AvgIpc) is 3.06. The Morgan fingerprint density at radius 2 is 2.19 bits per heavy atom. The number of anilines is 1. The van der Waals surface area contributed by atoms with E-state index in [-0.39, 0.29) is 6.03 Å². The lowest BCUT2D eigenvalue weighted by atomic mass is 10.3. The van der Waals surface area contributed by atoms with Crippen molar-refractivity contribution in [2.75, 3.05) is 5.32 Å². The maximum atomic E-state index is 12.0. The Morgan fingerprint density at radius 1 is 1.31 bits per heavy atom. The molecule has 3 rings (SSSR count). The molecule has 7 heteroatoms. The molecule has 0 saturated carbocycles. The van der Waals surface area contributed by atoms with Crippen LogP contribution in [0.15, 0.2) is 61.1 Å². The van der Waals surface area contributed by atoms with Crippen LogP contribution in [0.1, 0.15) is 11.1 Å². The SMILES string of the molecule is Cn1ccc(CNC(=O)Nc2cccc(Oc3ccc(C#N)cn3)c2)c1. The van der Waals surface area contributed by atoms with Crippen molar-refractivity contribution >= 4 is 11.7 Å². The fourth-order valence-corrected chi connectivity index (χ4v) is 2.29. The first-order chi connectivity index (χ1) is 12.6. The summed E-state index contributed by atoms with van der Waals surface area (Å²) in [5.41, 5.74) is 2.08. The highest BCUT2D eigenvalue weighted by Crippen LogP contribution is 2.22. The van der Waals surface area contributed by atoms with Gasteiger partial charge in [-0.3, -0.25) is 0 Å². The minimum atomic E-state index is -0.303. The molecule has 26 heavy (non-hydrogen) atoms. The van der Waals surface area contributed by atoms with Crippen molar-refractivity contribution in [1.29, 1.82) is 5.26 Å². The van der Waals surface area contributed by atoms with Gasteiger partial charge in [-0.1, -0.05) is 6.07 Å². The summed E-state index contributed by atoms with van der Waals surface area (Å²) >= 11 is 0. The number of aromatic nitrogens is 2. The van der Waals surface area contributed by atoms with Gasteiger partial charge in [-0.15, -0.1) is 0 Å². The highest BCUT2D eigenvalue weighted by molar-refractivity contribution is 5.89. The minimum absolute atomic E-state index is 0.303. The lowest BCUT2D eigenvalue weighted by molar-refractivity contribution is 0.251. The summed E-state index contributed by atoms with van der Waals surface area (Å²) in [6.07, 6.45) is 5.31. The molecule has 2 heterocycles. The van der Waals surface area contributed by atoms with Gasteiger partial charge >= 0.3 is 6.03 Å². The number of carbonyl (C=O) groups excluding carboxylic acids is 1. The van der Waals surface area contributed by atoms with Gasteiger partial charge in [-0.05, 0) is 29.8 Å². The van der Waals surface area contributed by atoms with E-state index in [1.54, 1.807) is 36.4 Å². The molecule has 0 saturated heterocycles. The molecule has 2 amide bonds. The van der Waals surface area contributed by atoms with E-state index >= 15 is 0 Å². The van der Waals surface area contributed by atoms with E-state index in [2.05, 4.69) is 15.6 Å². The van der Waals surface area contributed by atoms with Crippen molar-refractivity contribution in [3.8, 4) is 17.7 Å². The number of carbonyl (C=O) groups is 1. The molecule has 0 aliphatic heterocycles. The zero-order valence-electron chi connectivity index (χ0n) is 14.1. The number of rotatable bonds is 5. The van der Waals surface area contributed by atoms with Crippen molar-refractivity contribution in [1.82, 2.24) is 14.9 Å². The van der Waals surface area contributed by atoms with E-state index in [0.717, 1.165) is 5.56 Å². The number of hydrogen-bond acceptors (Lipinski definition) is 4. The third-order valence-corrected chi connectivity index (χ3v) is 3.53. The zero-order chi connectivity index (χ0) is 18.4. The zero-order valence-corrected chi connectivity index (χ0v) is 14.1. The number of nitrogens with zero attached hydrogens (tertiary/aromatic N) is 3. The van der Waals surface area contributed by atoms with Gasteiger partial charge in [0.15, 0.2) is 0 Å². The van der Waals surface area contributed by atoms with E-state index < -0.39 is 0 Å². The van der Waals surface area contributed by atoms with Gasteiger partial charge in [-0.25, -0.2) is 9.78 Å². The van der Waals surface area contributed by atoms with Gasteiger partial charge < -0.3 is 19.9 Å². The highest BCUT2D eigenvalue weighted by Gasteiger charge is 2.05. The monoisotopic (exact) mass is 347 g/mol. The molecule has 0 bridgehead atoms. The maximum absolute atomic E-state index is 12.0. The Labute approximate surface area is 150 Å². The fraction of sp³-hybridized carbons (Fsp3) is 0.105. The molecule has 7 nitrogen and oxygen atoms in total. The maximum Gasteiger partial charge on any atom is 0.319 e. The molecule has 0 fully saturated rings. The van der Waals surface area contributed by atoms with Crippen LogP contribution < -0.4 is 15.4 Å². The number of ether oxygens (including phenoxy) is 1. The number of urea groups is 1. The van der Waals surface area contributed by atoms with E-state index in [1.807, 2.05) is 36.1 Å². The van der Waals surface area contributed by atoms with Crippen LogP contribution in [0, 0.1) is 11.3 Å². The Bertz CT molecular complexity index is 941. The van der Waals surface area contributed by atoms with Crippen LogP contribution in [0.25, 0.3) is 0 Å². The van der Waals surface area contributed by atoms with Crippen LogP contribution in [0.2, 0.25) is 0 Å². The van der Waals surface area contributed by atoms with Crippen molar-refractivity contribution in [2.24, 2.45) is 7.05 Å². The predicted octanol–water partition coefficient (Wildman–Crippen LogP) is 3.41. The van der Waals surface area contributed by atoms with E-state index in [9.17, 15) is 4.79 Å². The molecular weight excluding hydrogens is 330 g/mol. The molecule has 0 aliphatic rings. The summed E-state index contributed by atoms with van der Waals surface area (Å²) in [7, 11) is 1.93. The number of amides is 2. The number of nitriles is 1. The number of benzene rings is 1. The van der Waals surface area contributed by atoms with E-state index in [1.165, 1.54) is 6.20 Å². The quantitative estimate of drug-likeness (QED) is 0.740. The Hall–Kier alpha value is -3.79. The van der Waals surface area contributed by atoms with E-state index in [0.29, 0.717) is 29.4 Å². The van der Waals surface area contributed by atoms with E-state index in [4.69, 9.17) is 10.00 Å². The van der Waals surface area contributed by atoms with Gasteiger partial charge in [0.2, 0.25) is 5.88 Å². The molecule has 0 spiro atoms. The summed E-state index contributed by atoms with van der Waals surface area (Å²) < 4.78 is 7.56. The Kier molecular flexibility index (Phi) is 5.15. The van der Waals surface area contributed by atoms with Crippen LogP contribution in [0.5, 0.6) is 11.6 Å². The van der Waals surface area contributed by atoms with Crippen molar-refractivity contribution in [3.63, 3.8) is 0 Å². The fourth-order valence-electron chi connectivity index (χ4n) is 2.29. The van der Waals surface area contributed by atoms with Crippen molar-refractivity contribution < 1.29 is 9.53 Å². The van der Waals surface area contributed by atoms with Gasteiger partial charge in [0.05, 0.1) is 5.56 Å². The Balaban J connectivity index is 1.57. The molecule has 2 N–H and O–H groups in total. The summed E-state index contributed by atoms with van der Waals surface area (Å²) in [5.74, 6) is 0.901. The second kappa shape index (κ2) is 7.85. The topological polar surface area (TPSA) is 92.0 Å². The summed E-state index contributed by atoms with van der Waals surface area (Å²) in [6, 6.07) is 13.9. The predicted molar refractivity (Wildman–Crippen MR) is 96.7 cm³/mol. The first kappa shape index (κ1) is 17.0. The second-order valence-electron chi connectivity index (χ2n) is 5.62. The van der Waals surface area contributed by atoms with Gasteiger partial charge in [0.1, 0.15) is 11.8 Å². The van der Waals surface area contributed by atoms with Gasteiger partial charge in [-0.2, -0.15) is 5.26 Å². The molecular formula is C19H17N5O2. The van der Waals surface area contributed by atoms with Crippen LogP contribution in [-0.4, -0.2) is 15.6 Å². The van der Waals surface area contributed by atoms with Crippen molar-refractivity contribution in [3.05, 3.63) is 72.2 Å². The molecule has 1 aromatic carbocycles. The highest BCUT2D eigenvalue weighted by atomic mass is 16.5.